The van der Waals surface area contributed by atoms with E-state index in [0.29, 0.717) is 37.4 Å². The van der Waals surface area contributed by atoms with Crippen molar-refractivity contribution in [2.75, 3.05) is 32.8 Å². The van der Waals surface area contributed by atoms with E-state index in [1.165, 1.54) is 0 Å². The van der Waals surface area contributed by atoms with Gasteiger partial charge in [-0.2, -0.15) is 0 Å². The first-order valence-electron chi connectivity index (χ1n) is 8.66. The van der Waals surface area contributed by atoms with Gasteiger partial charge in [0.1, 0.15) is 0 Å². The molecule has 2 aliphatic rings. The summed E-state index contributed by atoms with van der Waals surface area (Å²) in [6.07, 6.45) is 4.84. The molecule has 2 aliphatic heterocycles. The normalized spacial score (nSPS) is 23.4. The fraction of sp³-hybridized carbons (Fsp3) is 0.812. The summed E-state index contributed by atoms with van der Waals surface area (Å²) in [6.45, 7) is 8.18. The van der Waals surface area contributed by atoms with Gasteiger partial charge in [-0.15, -0.1) is 5.10 Å². The summed E-state index contributed by atoms with van der Waals surface area (Å²) < 4.78 is 7.42. The summed E-state index contributed by atoms with van der Waals surface area (Å²) >= 11 is 0. The van der Waals surface area contributed by atoms with Crippen LogP contribution in [0.15, 0.2) is 6.20 Å². The van der Waals surface area contributed by atoms with E-state index >= 15 is 0 Å². The zero-order chi connectivity index (χ0) is 16.2. The van der Waals surface area contributed by atoms with E-state index in [1.54, 1.807) is 0 Å². The van der Waals surface area contributed by atoms with Crippen molar-refractivity contribution >= 4 is 5.91 Å². The Bertz CT molecular complexity index is 524. The molecule has 23 heavy (non-hydrogen) atoms. The maximum absolute atomic E-state index is 12.8. The number of ether oxygens (including phenoxy) is 1. The second kappa shape index (κ2) is 7.40. The molecule has 1 unspecified atom stereocenters. The third-order valence-corrected chi connectivity index (χ3v) is 4.64. The lowest BCUT2D eigenvalue weighted by molar-refractivity contribution is -0.00776. The third-order valence-electron chi connectivity index (χ3n) is 4.64. The number of hydrogen-bond acceptors (Lipinski definition) is 5. The zero-order valence-electron chi connectivity index (χ0n) is 14.1. The number of nitrogens with one attached hydrogen (secondary N) is 1. The number of carbonyl (C=O) groups is 1. The van der Waals surface area contributed by atoms with Crippen molar-refractivity contribution < 1.29 is 9.53 Å². The first-order chi connectivity index (χ1) is 11.1. The molecule has 3 heterocycles. The minimum Gasteiger partial charge on any atom is -0.377 e. The number of nitrogens with zero attached hydrogens (tertiary/aromatic N) is 4. The molecule has 1 aromatic rings. The Hall–Kier alpha value is -1.47. The molecule has 1 amide bonds. The van der Waals surface area contributed by atoms with Gasteiger partial charge in [0, 0.05) is 6.54 Å². The molecule has 1 aromatic heterocycles. The Morgan fingerprint density at radius 3 is 2.96 bits per heavy atom. The Morgan fingerprint density at radius 2 is 2.22 bits per heavy atom. The molecule has 3 rings (SSSR count). The Morgan fingerprint density at radius 1 is 1.43 bits per heavy atom. The van der Waals surface area contributed by atoms with E-state index in [1.807, 2.05) is 15.8 Å². The summed E-state index contributed by atoms with van der Waals surface area (Å²) in [5.41, 5.74) is 0.458. The van der Waals surface area contributed by atoms with Crippen molar-refractivity contribution in [3.63, 3.8) is 0 Å². The van der Waals surface area contributed by atoms with E-state index in [4.69, 9.17) is 4.74 Å². The monoisotopic (exact) mass is 321 g/mol. The zero-order valence-corrected chi connectivity index (χ0v) is 14.1. The van der Waals surface area contributed by atoms with Crippen LogP contribution in [0.5, 0.6) is 0 Å². The third kappa shape index (κ3) is 3.90. The second-order valence-corrected chi connectivity index (χ2v) is 6.92. The summed E-state index contributed by atoms with van der Waals surface area (Å²) in [5.74, 6) is 0.515. The van der Waals surface area contributed by atoms with E-state index in [9.17, 15) is 4.79 Å². The molecule has 0 radical (unpaired) electrons. The van der Waals surface area contributed by atoms with Crippen LogP contribution < -0.4 is 5.32 Å². The van der Waals surface area contributed by atoms with E-state index < -0.39 is 0 Å². The van der Waals surface area contributed by atoms with Crippen LogP contribution in [0.2, 0.25) is 0 Å². The number of carbonyl (C=O) groups excluding carboxylic acids is 1. The highest BCUT2D eigenvalue weighted by Crippen LogP contribution is 2.20. The summed E-state index contributed by atoms with van der Waals surface area (Å²) in [4.78, 5) is 14.7. The second-order valence-electron chi connectivity index (χ2n) is 6.92. The van der Waals surface area contributed by atoms with Gasteiger partial charge in [0.05, 0.1) is 31.5 Å². The van der Waals surface area contributed by atoms with Gasteiger partial charge in [-0.25, -0.2) is 4.68 Å². The van der Waals surface area contributed by atoms with E-state index in [2.05, 4.69) is 29.5 Å². The number of amides is 1. The van der Waals surface area contributed by atoms with Crippen LogP contribution >= 0.6 is 0 Å². The smallest absolute Gasteiger partial charge is 0.276 e. The Labute approximate surface area is 137 Å². The first kappa shape index (κ1) is 16.4. The van der Waals surface area contributed by atoms with E-state index in [0.717, 1.165) is 32.4 Å². The largest absolute Gasteiger partial charge is 0.377 e. The maximum atomic E-state index is 12.8. The van der Waals surface area contributed by atoms with E-state index in [-0.39, 0.29) is 11.9 Å². The molecule has 0 saturated carbocycles. The van der Waals surface area contributed by atoms with Gasteiger partial charge in [0.2, 0.25) is 0 Å². The molecule has 0 bridgehead atoms. The predicted molar refractivity (Wildman–Crippen MR) is 86.3 cm³/mol. The van der Waals surface area contributed by atoms with Crippen LogP contribution in [0.3, 0.4) is 0 Å². The summed E-state index contributed by atoms with van der Waals surface area (Å²) in [6, 6.07) is 0.488. The molecule has 7 nitrogen and oxygen atoms in total. The maximum Gasteiger partial charge on any atom is 0.276 e. The molecule has 1 N–H and O–H groups in total. The standard InChI is InChI=1S/C16H27N5O2/c1-12(2)9-14-11-23-8-7-20(14)16(22)15-10-21(19-18-15)13-3-5-17-6-4-13/h10,12-14,17H,3-9,11H2,1-2H3. The highest BCUT2D eigenvalue weighted by atomic mass is 16.5. The topological polar surface area (TPSA) is 72.3 Å². The fourth-order valence-corrected chi connectivity index (χ4v) is 3.43. The minimum absolute atomic E-state index is 0.0147. The van der Waals surface area contributed by atoms with Gasteiger partial charge in [0.25, 0.3) is 5.91 Å². The number of hydrogen-bond donors (Lipinski definition) is 1. The Kier molecular flexibility index (Phi) is 5.27. The van der Waals surface area contributed by atoms with Crippen molar-refractivity contribution in [1.29, 1.82) is 0 Å². The van der Waals surface area contributed by atoms with Crippen LogP contribution in [0.4, 0.5) is 0 Å². The molecule has 2 fully saturated rings. The number of aromatic nitrogens is 3. The highest BCUT2D eigenvalue weighted by Gasteiger charge is 2.30. The molecule has 0 aliphatic carbocycles. The number of rotatable bonds is 4. The van der Waals surface area contributed by atoms with Gasteiger partial charge in [-0.05, 0) is 38.3 Å². The SMILES string of the molecule is CC(C)CC1COCCN1C(=O)c1cn(C2CCNCC2)nn1. The van der Waals surface area contributed by atoms with Crippen LogP contribution in [-0.2, 0) is 4.74 Å². The van der Waals surface area contributed by atoms with Crippen LogP contribution in [0.25, 0.3) is 0 Å². The lowest BCUT2D eigenvalue weighted by Gasteiger charge is -2.36. The molecule has 128 valence electrons. The lowest BCUT2D eigenvalue weighted by Crippen LogP contribution is -2.49. The van der Waals surface area contributed by atoms with Crippen LogP contribution in [0, 0.1) is 5.92 Å². The molecule has 0 aromatic carbocycles. The number of morpholine rings is 1. The Balaban J connectivity index is 1.69. The molecule has 1 atom stereocenters. The van der Waals surface area contributed by atoms with Gasteiger partial charge in [0.15, 0.2) is 5.69 Å². The van der Waals surface area contributed by atoms with Crippen molar-refractivity contribution in [1.82, 2.24) is 25.2 Å². The fourth-order valence-electron chi connectivity index (χ4n) is 3.43. The van der Waals surface area contributed by atoms with Gasteiger partial charge in [-0.3, -0.25) is 4.79 Å². The van der Waals surface area contributed by atoms with Crippen molar-refractivity contribution in [2.24, 2.45) is 5.92 Å². The molecule has 7 heteroatoms. The van der Waals surface area contributed by atoms with Crippen LogP contribution in [0.1, 0.15) is 49.6 Å². The highest BCUT2D eigenvalue weighted by molar-refractivity contribution is 5.92. The molecular formula is C16H27N5O2. The predicted octanol–water partition coefficient (Wildman–Crippen LogP) is 1.09. The van der Waals surface area contributed by atoms with Crippen LogP contribution in [-0.4, -0.2) is 64.7 Å². The van der Waals surface area contributed by atoms with Crippen molar-refractivity contribution in [3.05, 3.63) is 11.9 Å². The van der Waals surface area contributed by atoms with Gasteiger partial charge in [-0.1, -0.05) is 19.1 Å². The average Bonchev–Trinajstić information content (AvgIpc) is 3.05. The van der Waals surface area contributed by atoms with Crippen molar-refractivity contribution in [2.45, 2.75) is 45.2 Å². The molecule has 0 spiro atoms. The number of piperidine rings is 1. The summed E-state index contributed by atoms with van der Waals surface area (Å²) in [7, 11) is 0. The molecule has 2 saturated heterocycles. The first-order valence-corrected chi connectivity index (χ1v) is 8.66. The van der Waals surface area contributed by atoms with Gasteiger partial charge >= 0.3 is 0 Å². The minimum atomic E-state index is -0.0147. The quantitative estimate of drug-likeness (QED) is 0.899. The van der Waals surface area contributed by atoms with Gasteiger partial charge < -0.3 is 15.0 Å². The lowest BCUT2D eigenvalue weighted by atomic mass is 10.0. The molecular weight excluding hydrogens is 294 g/mol. The van der Waals surface area contributed by atoms with Crippen molar-refractivity contribution in [3.8, 4) is 0 Å². The summed E-state index contributed by atoms with van der Waals surface area (Å²) in [5, 5.41) is 11.7. The average molecular weight is 321 g/mol.